The molecule has 3 heteroatoms. The number of ether oxygens (including phenoxy) is 1. The standard InChI is InChI=1S/C32H50N2O/c1-5-6-7-8-21(2)26-12-13-27-25-11-9-22-19-24(35-30-14-10-23(33)20-29(30)34)15-17-31(22,3)28(25)16-18-32(26,27)4/h5-6,10,14,20-22,24-28H,7-9,11-13,15-19,33-34H2,1-4H3/b6-5-. The van der Waals surface area contributed by atoms with E-state index < -0.39 is 0 Å². The van der Waals surface area contributed by atoms with Crippen molar-refractivity contribution in [1.29, 1.82) is 0 Å². The number of allylic oxidation sites excluding steroid dienone is 2. The van der Waals surface area contributed by atoms with Crippen LogP contribution in [0.5, 0.6) is 5.75 Å². The maximum atomic E-state index is 6.45. The molecule has 0 bridgehead atoms. The summed E-state index contributed by atoms with van der Waals surface area (Å²) in [6, 6.07) is 5.68. The van der Waals surface area contributed by atoms with Crippen molar-refractivity contribution in [2.45, 2.75) is 104 Å². The average molecular weight is 479 g/mol. The molecule has 4 fully saturated rings. The van der Waals surface area contributed by atoms with Crippen LogP contribution < -0.4 is 16.2 Å². The fourth-order valence-corrected chi connectivity index (χ4v) is 9.88. The summed E-state index contributed by atoms with van der Waals surface area (Å²) < 4.78 is 6.45. The minimum absolute atomic E-state index is 0.290. The van der Waals surface area contributed by atoms with Gasteiger partial charge in [0.25, 0.3) is 0 Å². The van der Waals surface area contributed by atoms with Crippen LogP contribution in [0.3, 0.4) is 0 Å². The molecule has 0 saturated heterocycles. The molecule has 9 unspecified atom stereocenters. The third kappa shape index (κ3) is 4.40. The van der Waals surface area contributed by atoms with Gasteiger partial charge >= 0.3 is 0 Å². The van der Waals surface area contributed by atoms with Crippen molar-refractivity contribution in [3.8, 4) is 5.75 Å². The molecule has 1 aromatic rings. The molecular formula is C32H50N2O. The van der Waals surface area contributed by atoms with Crippen LogP contribution in [0.15, 0.2) is 30.4 Å². The number of nitrogen functional groups attached to an aromatic ring is 2. The quantitative estimate of drug-likeness (QED) is 0.319. The lowest BCUT2D eigenvalue weighted by molar-refractivity contribution is -0.126. The second-order valence-corrected chi connectivity index (χ2v) is 13.3. The largest absolute Gasteiger partial charge is 0.488 e. The van der Waals surface area contributed by atoms with E-state index in [4.69, 9.17) is 16.2 Å². The summed E-state index contributed by atoms with van der Waals surface area (Å²) >= 11 is 0. The minimum atomic E-state index is 0.290. The van der Waals surface area contributed by atoms with Gasteiger partial charge in [0, 0.05) is 5.69 Å². The lowest BCUT2D eigenvalue weighted by Gasteiger charge is -2.61. The highest BCUT2D eigenvalue weighted by Crippen LogP contribution is 2.68. The topological polar surface area (TPSA) is 61.3 Å². The molecule has 0 aromatic heterocycles. The maximum absolute atomic E-state index is 6.45. The van der Waals surface area contributed by atoms with Gasteiger partial charge in [-0.25, -0.2) is 0 Å². The van der Waals surface area contributed by atoms with Crippen LogP contribution in [0, 0.1) is 46.3 Å². The molecule has 4 saturated carbocycles. The fourth-order valence-electron chi connectivity index (χ4n) is 9.88. The number of fused-ring (bicyclic) bond motifs is 5. The van der Waals surface area contributed by atoms with E-state index in [0.29, 0.717) is 28.3 Å². The Bertz CT molecular complexity index is 926. The molecule has 0 spiro atoms. The van der Waals surface area contributed by atoms with Gasteiger partial charge in [-0.2, -0.15) is 0 Å². The van der Waals surface area contributed by atoms with E-state index in [0.717, 1.165) is 47.7 Å². The average Bonchev–Trinajstić information content (AvgIpc) is 3.18. The Hall–Kier alpha value is -1.64. The number of hydrogen-bond donors (Lipinski definition) is 2. The van der Waals surface area contributed by atoms with Crippen LogP contribution in [0.4, 0.5) is 11.4 Å². The van der Waals surface area contributed by atoms with E-state index in [2.05, 4.69) is 39.8 Å². The summed E-state index contributed by atoms with van der Waals surface area (Å²) in [6.45, 7) is 10.1. The molecule has 4 aliphatic rings. The summed E-state index contributed by atoms with van der Waals surface area (Å²) in [4.78, 5) is 0. The molecule has 0 radical (unpaired) electrons. The maximum Gasteiger partial charge on any atom is 0.142 e. The van der Waals surface area contributed by atoms with Gasteiger partial charge < -0.3 is 16.2 Å². The zero-order valence-corrected chi connectivity index (χ0v) is 22.8. The zero-order valence-electron chi connectivity index (χ0n) is 22.8. The highest BCUT2D eigenvalue weighted by atomic mass is 16.5. The van der Waals surface area contributed by atoms with Gasteiger partial charge in [0.15, 0.2) is 0 Å². The highest BCUT2D eigenvalue weighted by molar-refractivity contribution is 5.60. The summed E-state index contributed by atoms with van der Waals surface area (Å²) in [5.74, 6) is 6.22. The third-order valence-corrected chi connectivity index (χ3v) is 11.7. The first-order valence-corrected chi connectivity index (χ1v) is 14.7. The van der Waals surface area contributed by atoms with Crippen molar-refractivity contribution in [3.63, 3.8) is 0 Å². The zero-order chi connectivity index (χ0) is 24.8. The smallest absolute Gasteiger partial charge is 0.142 e. The Labute approximate surface area is 214 Å². The SMILES string of the molecule is C/C=C\CCC(C)C1CCC2C3CCC4CC(Oc5ccc(N)cc5N)CCC4(C)C3CCC12C. The van der Waals surface area contributed by atoms with Gasteiger partial charge in [0.2, 0.25) is 0 Å². The minimum Gasteiger partial charge on any atom is -0.488 e. The van der Waals surface area contributed by atoms with Crippen molar-refractivity contribution >= 4 is 11.4 Å². The Balaban J connectivity index is 1.26. The highest BCUT2D eigenvalue weighted by Gasteiger charge is 2.60. The van der Waals surface area contributed by atoms with Gasteiger partial charge in [0.05, 0.1) is 11.8 Å². The van der Waals surface area contributed by atoms with Crippen molar-refractivity contribution in [2.24, 2.45) is 46.3 Å². The Morgan fingerprint density at radius 3 is 2.54 bits per heavy atom. The van der Waals surface area contributed by atoms with Crippen molar-refractivity contribution in [1.82, 2.24) is 0 Å². The van der Waals surface area contributed by atoms with E-state index in [1.165, 1.54) is 64.2 Å². The first-order valence-electron chi connectivity index (χ1n) is 14.7. The van der Waals surface area contributed by atoms with Crippen LogP contribution in [0.2, 0.25) is 0 Å². The van der Waals surface area contributed by atoms with Crippen molar-refractivity contribution in [2.75, 3.05) is 11.5 Å². The molecule has 5 rings (SSSR count). The molecular weight excluding hydrogens is 428 g/mol. The van der Waals surface area contributed by atoms with E-state index in [9.17, 15) is 0 Å². The second kappa shape index (κ2) is 9.67. The first kappa shape index (κ1) is 25.0. The fraction of sp³-hybridized carbons (Fsp3) is 0.750. The number of rotatable bonds is 6. The van der Waals surface area contributed by atoms with Gasteiger partial charge in [-0.3, -0.25) is 0 Å². The van der Waals surface area contributed by atoms with E-state index >= 15 is 0 Å². The number of benzene rings is 1. The van der Waals surface area contributed by atoms with Gasteiger partial charge in [-0.1, -0.05) is 32.9 Å². The second-order valence-electron chi connectivity index (χ2n) is 13.3. The Morgan fingerprint density at radius 2 is 1.77 bits per heavy atom. The van der Waals surface area contributed by atoms with Crippen molar-refractivity contribution < 1.29 is 4.74 Å². The van der Waals surface area contributed by atoms with E-state index in [-0.39, 0.29) is 0 Å². The van der Waals surface area contributed by atoms with Crippen LogP contribution >= 0.6 is 0 Å². The molecule has 0 heterocycles. The van der Waals surface area contributed by atoms with Crippen LogP contribution in [0.25, 0.3) is 0 Å². The van der Waals surface area contributed by atoms with Gasteiger partial charge in [-0.15, -0.1) is 0 Å². The molecule has 4 N–H and O–H groups in total. The van der Waals surface area contributed by atoms with E-state index in [1.807, 2.05) is 18.2 Å². The third-order valence-electron chi connectivity index (χ3n) is 11.7. The van der Waals surface area contributed by atoms with Gasteiger partial charge in [-0.05, 0) is 142 Å². The normalized spacial score (nSPS) is 41.7. The summed E-state index contributed by atoms with van der Waals surface area (Å²) in [6.07, 6.45) is 19.9. The molecule has 194 valence electrons. The predicted octanol–water partition coefficient (Wildman–Crippen LogP) is 8.25. The molecule has 0 amide bonds. The van der Waals surface area contributed by atoms with Crippen LogP contribution in [-0.2, 0) is 0 Å². The monoisotopic (exact) mass is 478 g/mol. The molecule has 35 heavy (non-hydrogen) atoms. The van der Waals surface area contributed by atoms with E-state index in [1.54, 1.807) is 0 Å². The van der Waals surface area contributed by atoms with Crippen LogP contribution in [-0.4, -0.2) is 6.10 Å². The summed E-state index contributed by atoms with van der Waals surface area (Å²) in [5.41, 5.74) is 14.5. The Morgan fingerprint density at radius 1 is 1.00 bits per heavy atom. The van der Waals surface area contributed by atoms with Gasteiger partial charge in [0.1, 0.15) is 5.75 Å². The lowest BCUT2D eigenvalue weighted by Crippen LogP contribution is -2.54. The number of anilines is 2. The molecule has 4 aliphatic carbocycles. The molecule has 1 aromatic carbocycles. The van der Waals surface area contributed by atoms with Crippen molar-refractivity contribution in [3.05, 3.63) is 30.4 Å². The number of nitrogens with two attached hydrogens (primary N) is 2. The molecule has 3 nitrogen and oxygen atoms in total. The first-order chi connectivity index (χ1) is 16.8. The Kier molecular flexibility index (Phi) is 6.92. The predicted molar refractivity (Wildman–Crippen MR) is 148 cm³/mol. The molecule has 9 atom stereocenters. The van der Waals surface area contributed by atoms with Crippen LogP contribution in [0.1, 0.15) is 98.3 Å². The number of hydrogen-bond acceptors (Lipinski definition) is 3. The molecule has 0 aliphatic heterocycles. The summed E-state index contributed by atoms with van der Waals surface area (Å²) in [7, 11) is 0. The summed E-state index contributed by atoms with van der Waals surface area (Å²) in [5, 5.41) is 0. The lowest BCUT2D eigenvalue weighted by atomic mass is 9.44.